The monoisotopic (exact) mass is 378 g/mol. The van der Waals surface area contributed by atoms with E-state index in [0.29, 0.717) is 28.6 Å². The van der Waals surface area contributed by atoms with Crippen molar-refractivity contribution in [3.63, 3.8) is 0 Å². The van der Waals surface area contributed by atoms with Gasteiger partial charge in [0.2, 0.25) is 0 Å². The summed E-state index contributed by atoms with van der Waals surface area (Å²) in [7, 11) is 0. The van der Waals surface area contributed by atoms with Gasteiger partial charge >= 0.3 is 11.9 Å². The maximum absolute atomic E-state index is 12.5. The van der Waals surface area contributed by atoms with Crippen molar-refractivity contribution in [2.75, 3.05) is 13.2 Å². The smallest absolute Gasteiger partial charge is 0.338 e. The summed E-state index contributed by atoms with van der Waals surface area (Å²) in [6.07, 6.45) is 1.65. The SMILES string of the molecule is O=C(OCCOC(=O)c1ccc2c(=O)n3c(nc2c1)CCC3)c1ccccc1. The molecule has 142 valence electrons. The summed E-state index contributed by atoms with van der Waals surface area (Å²) in [4.78, 5) is 41.0. The maximum Gasteiger partial charge on any atom is 0.338 e. The molecule has 0 amide bonds. The first kappa shape index (κ1) is 17.9. The number of carbonyl (C=O) groups is 2. The van der Waals surface area contributed by atoms with Gasteiger partial charge in [-0.2, -0.15) is 0 Å². The molecule has 0 atom stereocenters. The lowest BCUT2D eigenvalue weighted by Crippen LogP contribution is -2.21. The van der Waals surface area contributed by atoms with Crippen molar-refractivity contribution in [1.29, 1.82) is 0 Å². The van der Waals surface area contributed by atoms with E-state index in [-0.39, 0.29) is 18.8 Å². The van der Waals surface area contributed by atoms with E-state index in [1.165, 1.54) is 0 Å². The number of carbonyl (C=O) groups excluding carboxylic acids is 2. The molecular formula is C21H18N2O5. The number of aromatic nitrogens is 2. The maximum atomic E-state index is 12.5. The molecule has 0 saturated heterocycles. The number of nitrogens with zero attached hydrogens (tertiary/aromatic N) is 2. The van der Waals surface area contributed by atoms with Crippen LogP contribution in [-0.2, 0) is 22.4 Å². The van der Waals surface area contributed by atoms with Crippen LogP contribution in [0.25, 0.3) is 10.9 Å². The van der Waals surface area contributed by atoms with Crippen molar-refractivity contribution in [1.82, 2.24) is 9.55 Å². The molecule has 2 heterocycles. The van der Waals surface area contributed by atoms with Crippen molar-refractivity contribution in [3.8, 4) is 0 Å². The molecule has 3 aromatic rings. The molecule has 1 aromatic heterocycles. The third-order valence-corrected chi connectivity index (χ3v) is 4.61. The fourth-order valence-electron chi connectivity index (χ4n) is 3.22. The minimum absolute atomic E-state index is 0.0415. The molecule has 0 spiro atoms. The predicted molar refractivity (Wildman–Crippen MR) is 101 cm³/mol. The lowest BCUT2D eigenvalue weighted by atomic mass is 10.1. The van der Waals surface area contributed by atoms with Crippen molar-refractivity contribution >= 4 is 22.8 Å². The highest BCUT2D eigenvalue weighted by atomic mass is 16.6. The van der Waals surface area contributed by atoms with Crippen molar-refractivity contribution in [2.24, 2.45) is 0 Å². The van der Waals surface area contributed by atoms with Gasteiger partial charge in [0.05, 0.1) is 22.0 Å². The number of benzene rings is 2. The van der Waals surface area contributed by atoms with Gasteiger partial charge in [-0.3, -0.25) is 9.36 Å². The van der Waals surface area contributed by atoms with Crippen LogP contribution >= 0.6 is 0 Å². The number of hydrogen-bond donors (Lipinski definition) is 0. The Labute approximate surface area is 160 Å². The fraction of sp³-hybridized carbons (Fsp3) is 0.238. The second-order valence-electron chi connectivity index (χ2n) is 6.46. The number of fused-ring (bicyclic) bond motifs is 2. The van der Waals surface area contributed by atoms with E-state index in [4.69, 9.17) is 9.47 Å². The largest absolute Gasteiger partial charge is 0.458 e. The summed E-state index contributed by atoms with van der Waals surface area (Å²) >= 11 is 0. The van der Waals surface area contributed by atoms with Gasteiger partial charge in [0.25, 0.3) is 5.56 Å². The summed E-state index contributed by atoms with van der Waals surface area (Å²) in [6, 6.07) is 13.3. The van der Waals surface area contributed by atoms with Crippen LogP contribution in [0.5, 0.6) is 0 Å². The molecule has 0 N–H and O–H groups in total. The fourth-order valence-corrected chi connectivity index (χ4v) is 3.22. The zero-order chi connectivity index (χ0) is 19.5. The van der Waals surface area contributed by atoms with Crippen molar-refractivity contribution in [3.05, 3.63) is 75.8 Å². The molecule has 0 bridgehead atoms. The summed E-state index contributed by atoms with van der Waals surface area (Å²) in [6.45, 7) is 0.582. The first-order valence-corrected chi connectivity index (χ1v) is 9.06. The van der Waals surface area contributed by atoms with E-state index in [2.05, 4.69) is 4.98 Å². The second-order valence-corrected chi connectivity index (χ2v) is 6.46. The van der Waals surface area contributed by atoms with Crippen molar-refractivity contribution in [2.45, 2.75) is 19.4 Å². The summed E-state index contributed by atoms with van der Waals surface area (Å²) < 4.78 is 11.9. The highest BCUT2D eigenvalue weighted by Gasteiger charge is 2.17. The Morgan fingerprint density at radius 2 is 1.68 bits per heavy atom. The van der Waals surface area contributed by atoms with Crippen LogP contribution in [0.2, 0.25) is 0 Å². The Balaban J connectivity index is 1.38. The van der Waals surface area contributed by atoms with Gasteiger partial charge < -0.3 is 9.47 Å². The van der Waals surface area contributed by atoms with E-state index in [0.717, 1.165) is 18.7 Å². The Bertz CT molecular complexity index is 1100. The van der Waals surface area contributed by atoms with Gasteiger partial charge in [-0.15, -0.1) is 0 Å². The Hall–Kier alpha value is -3.48. The van der Waals surface area contributed by atoms with Gasteiger partial charge in [0, 0.05) is 13.0 Å². The van der Waals surface area contributed by atoms with Crippen LogP contribution in [0.3, 0.4) is 0 Å². The van der Waals surface area contributed by atoms with Crippen molar-refractivity contribution < 1.29 is 19.1 Å². The third kappa shape index (κ3) is 3.51. The van der Waals surface area contributed by atoms with Gasteiger partial charge in [0.1, 0.15) is 19.0 Å². The minimum atomic E-state index is -0.555. The third-order valence-electron chi connectivity index (χ3n) is 4.61. The van der Waals surface area contributed by atoms with E-state index in [9.17, 15) is 14.4 Å². The Kier molecular flexibility index (Phi) is 4.89. The summed E-state index contributed by atoms with van der Waals surface area (Å²) in [5.74, 6) is -0.281. The van der Waals surface area contributed by atoms with Gasteiger partial charge in [-0.25, -0.2) is 14.6 Å². The quantitative estimate of drug-likeness (QED) is 0.500. The molecule has 0 saturated carbocycles. The molecule has 0 aliphatic carbocycles. The van der Waals surface area contributed by atoms with Crippen LogP contribution in [0.1, 0.15) is 33.0 Å². The molecule has 28 heavy (non-hydrogen) atoms. The molecule has 1 aliphatic rings. The highest BCUT2D eigenvalue weighted by Crippen LogP contribution is 2.16. The van der Waals surface area contributed by atoms with E-state index in [1.807, 2.05) is 0 Å². The first-order valence-electron chi connectivity index (χ1n) is 9.06. The molecule has 1 aliphatic heterocycles. The zero-order valence-corrected chi connectivity index (χ0v) is 15.1. The Morgan fingerprint density at radius 1 is 0.964 bits per heavy atom. The zero-order valence-electron chi connectivity index (χ0n) is 15.1. The number of aryl methyl sites for hydroxylation is 1. The second kappa shape index (κ2) is 7.64. The van der Waals surface area contributed by atoms with E-state index >= 15 is 0 Å². The topological polar surface area (TPSA) is 87.5 Å². The lowest BCUT2D eigenvalue weighted by molar-refractivity contribution is 0.0266. The average Bonchev–Trinajstić information content (AvgIpc) is 3.20. The molecule has 0 radical (unpaired) electrons. The van der Waals surface area contributed by atoms with E-state index in [1.54, 1.807) is 53.1 Å². The Morgan fingerprint density at radius 3 is 2.43 bits per heavy atom. The summed E-state index contributed by atoms with van der Waals surface area (Å²) in [5, 5.41) is 0.485. The number of hydrogen-bond acceptors (Lipinski definition) is 6. The number of rotatable bonds is 5. The highest BCUT2D eigenvalue weighted by molar-refractivity contribution is 5.94. The minimum Gasteiger partial charge on any atom is -0.458 e. The molecule has 7 nitrogen and oxygen atoms in total. The van der Waals surface area contributed by atoms with Crippen LogP contribution < -0.4 is 5.56 Å². The molecule has 4 rings (SSSR count). The average molecular weight is 378 g/mol. The number of ether oxygens (including phenoxy) is 2. The first-order chi connectivity index (χ1) is 13.6. The lowest BCUT2D eigenvalue weighted by Gasteiger charge is -2.08. The molecule has 0 unspecified atom stereocenters. The van der Waals surface area contributed by atoms with Crippen LogP contribution in [0.4, 0.5) is 0 Å². The van der Waals surface area contributed by atoms with Gasteiger partial charge in [-0.05, 0) is 36.8 Å². The summed E-state index contributed by atoms with van der Waals surface area (Å²) in [5.41, 5.74) is 1.15. The van der Waals surface area contributed by atoms with Crippen LogP contribution in [-0.4, -0.2) is 34.7 Å². The molecular weight excluding hydrogens is 360 g/mol. The molecule has 7 heteroatoms. The van der Waals surface area contributed by atoms with E-state index < -0.39 is 11.9 Å². The predicted octanol–water partition coefficient (Wildman–Crippen LogP) is 2.36. The standard InChI is InChI=1S/C21H18N2O5/c24-19-16-9-8-15(13-17(16)22-18-7-4-10-23(18)19)21(26)28-12-11-27-20(25)14-5-2-1-3-6-14/h1-3,5-6,8-9,13H,4,7,10-12H2. The van der Waals surface area contributed by atoms with Gasteiger partial charge in [-0.1, -0.05) is 18.2 Å². The normalized spacial score (nSPS) is 12.6. The van der Waals surface area contributed by atoms with Gasteiger partial charge in [0.15, 0.2) is 0 Å². The van der Waals surface area contributed by atoms with Crippen LogP contribution in [0.15, 0.2) is 53.3 Å². The van der Waals surface area contributed by atoms with Crippen LogP contribution in [0, 0.1) is 0 Å². The molecule has 2 aromatic carbocycles. The number of esters is 2. The molecule has 0 fully saturated rings.